The molecule has 1 aliphatic rings. The van der Waals surface area contributed by atoms with Gasteiger partial charge in [0.25, 0.3) is 5.56 Å². The smallest absolute Gasteiger partial charge is 0.330 e. The third-order valence-electron chi connectivity index (χ3n) is 4.35. The lowest BCUT2D eigenvalue weighted by Crippen LogP contribution is -2.38. The zero-order chi connectivity index (χ0) is 19.7. The van der Waals surface area contributed by atoms with E-state index in [0.29, 0.717) is 17.2 Å². The summed E-state index contributed by atoms with van der Waals surface area (Å²) in [5.74, 6) is 1.23. The van der Waals surface area contributed by atoms with Gasteiger partial charge in [-0.1, -0.05) is 0 Å². The van der Waals surface area contributed by atoms with Gasteiger partial charge in [-0.3, -0.25) is 14.3 Å². The first-order valence-corrected chi connectivity index (χ1v) is 8.35. The van der Waals surface area contributed by atoms with Gasteiger partial charge in [0.2, 0.25) is 0 Å². The topological polar surface area (TPSA) is 146 Å². The molecule has 1 fully saturated rings. The Balaban J connectivity index is 1.74. The minimum absolute atomic E-state index is 0.149. The molecule has 27 heavy (non-hydrogen) atoms. The van der Waals surface area contributed by atoms with Crippen LogP contribution < -0.4 is 21.5 Å². The molecule has 0 bridgehead atoms. The van der Waals surface area contributed by atoms with E-state index in [1.54, 1.807) is 6.07 Å². The van der Waals surface area contributed by atoms with E-state index in [9.17, 15) is 19.8 Å². The van der Waals surface area contributed by atoms with Crippen LogP contribution in [-0.4, -0.2) is 68.7 Å². The maximum absolute atomic E-state index is 12.0. The van der Waals surface area contributed by atoms with Gasteiger partial charge in [-0.15, -0.1) is 0 Å². The third-order valence-corrected chi connectivity index (χ3v) is 4.35. The first-order chi connectivity index (χ1) is 12.8. The summed E-state index contributed by atoms with van der Waals surface area (Å²) in [6.07, 6.45) is -1.76. The van der Waals surface area contributed by atoms with Crippen LogP contribution in [0.5, 0.6) is 0 Å². The Bertz CT molecular complexity index is 926. The number of aliphatic hydroxyl groups excluding tert-OH is 2. The summed E-state index contributed by atoms with van der Waals surface area (Å²) in [4.78, 5) is 35.7. The summed E-state index contributed by atoms with van der Waals surface area (Å²) in [5.41, 5.74) is -0.941. The molecule has 0 saturated carbocycles. The second kappa shape index (κ2) is 7.47. The largest absolute Gasteiger partial charge is 0.387 e. The number of H-pyrrole nitrogens is 1. The maximum atomic E-state index is 12.0. The zero-order valence-corrected chi connectivity index (χ0v) is 15.2. The molecule has 11 nitrogen and oxygen atoms in total. The minimum atomic E-state index is -1.33. The number of anilines is 2. The highest BCUT2D eigenvalue weighted by Crippen LogP contribution is 2.28. The lowest BCUT2D eigenvalue weighted by atomic mass is 10.1. The van der Waals surface area contributed by atoms with Crippen molar-refractivity contribution in [3.05, 3.63) is 45.0 Å². The second-order valence-electron chi connectivity index (χ2n) is 6.56. The lowest BCUT2D eigenvalue weighted by molar-refractivity contribution is -0.0364. The number of nitrogens with one attached hydrogen (secondary N) is 2. The molecule has 0 unspecified atom stereocenters. The fourth-order valence-corrected chi connectivity index (χ4v) is 2.80. The predicted molar refractivity (Wildman–Crippen MR) is 96.8 cm³/mol. The predicted octanol–water partition coefficient (Wildman–Crippen LogP) is -1.57. The van der Waals surface area contributed by atoms with E-state index >= 15 is 0 Å². The Morgan fingerprint density at radius 2 is 2.04 bits per heavy atom. The van der Waals surface area contributed by atoms with Crippen molar-refractivity contribution in [1.29, 1.82) is 0 Å². The molecule has 0 aromatic carbocycles. The standard InChI is InChI=1S/C16H22N6O5/c1-8-6-22(16(26)20-14(8)25)15-13(24)12(23)9(27-15)5-17-10-4-11(21(2)3)19-7-18-10/h4,6-7,9,12-13,15,23-24H,5H2,1-3H3,(H,17,18,19)(H,20,25,26)/t9-,12-,13-,15-/m1/s1. The fraction of sp³-hybridized carbons (Fsp3) is 0.500. The summed E-state index contributed by atoms with van der Waals surface area (Å²) in [5, 5.41) is 23.6. The summed E-state index contributed by atoms with van der Waals surface area (Å²) in [6, 6.07) is 1.73. The Hall–Kier alpha value is -2.76. The van der Waals surface area contributed by atoms with Crippen molar-refractivity contribution in [3.63, 3.8) is 0 Å². The minimum Gasteiger partial charge on any atom is -0.387 e. The molecule has 3 rings (SSSR count). The average Bonchev–Trinajstić information content (AvgIpc) is 2.91. The van der Waals surface area contributed by atoms with Crippen LogP contribution in [0.4, 0.5) is 11.6 Å². The van der Waals surface area contributed by atoms with Gasteiger partial charge in [-0.25, -0.2) is 14.8 Å². The van der Waals surface area contributed by atoms with Crippen LogP contribution >= 0.6 is 0 Å². The molecular formula is C16H22N6O5. The Morgan fingerprint density at radius 3 is 2.74 bits per heavy atom. The molecule has 4 N–H and O–H groups in total. The van der Waals surface area contributed by atoms with Gasteiger partial charge in [0, 0.05) is 38.5 Å². The molecule has 2 aromatic rings. The van der Waals surface area contributed by atoms with Crippen molar-refractivity contribution < 1.29 is 14.9 Å². The van der Waals surface area contributed by atoms with E-state index in [2.05, 4.69) is 20.3 Å². The molecule has 0 spiro atoms. The van der Waals surface area contributed by atoms with E-state index < -0.39 is 35.8 Å². The van der Waals surface area contributed by atoms with Gasteiger partial charge < -0.3 is 25.2 Å². The number of hydrogen-bond donors (Lipinski definition) is 4. The second-order valence-corrected chi connectivity index (χ2v) is 6.56. The highest BCUT2D eigenvalue weighted by atomic mass is 16.6. The molecule has 3 heterocycles. The fourth-order valence-electron chi connectivity index (χ4n) is 2.80. The number of hydrogen-bond acceptors (Lipinski definition) is 9. The molecule has 2 aromatic heterocycles. The zero-order valence-electron chi connectivity index (χ0n) is 15.2. The van der Waals surface area contributed by atoms with E-state index in [1.165, 1.54) is 19.4 Å². The molecule has 11 heteroatoms. The summed E-state index contributed by atoms with van der Waals surface area (Å²) in [6.45, 7) is 1.68. The maximum Gasteiger partial charge on any atom is 0.330 e. The first kappa shape index (κ1) is 19.0. The highest BCUT2D eigenvalue weighted by Gasteiger charge is 2.44. The van der Waals surface area contributed by atoms with Crippen LogP contribution in [0, 0.1) is 6.92 Å². The molecule has 0 radical (unpaired) electrons. The lowest BCUT2D eigenvalue weighted by Gasteiger charge is -2.17. The van der Waals surface area contributed by atoms with E-state index in [4.69, 9.17) is 4.74 Å². The van der Waals surface area contributed by atoms with Crippen LogP contribution in [0.15, 0.2) is 28.2 Å². The molecule has 146 valence electrons. The van der Waals surface area contributed by atoms with Gasteiger partial charge in [0.05, 0.1) is 0 Å². The van der Waals surface area contributed by atoms with Gasteiger partial charge in [0.1, 0.15) is 36.3 Å². The van der Waals surface area contributed by atoms with Crippen molar-refractivity contribution in [2.45, 2.75) is 31.5 Å². The van der Waals surface area contributed by atoms with E-state index in [-0.39, 0.29) is 6.54 Å². The van der Waals surface area contributed by atoms with Crippen LogP contribution in [0.25, 0.3) is 0 Å². The summed E-state index contributed by atoms with van der Waals surface area (Å²) < 4.78 is 6.74. The number of aromatic nitrogens is 4. The van der Waals surface area contributed by atoms with Crippen molar-refractivity contribution in [3.8, 4) is 0 Å². The Morgan fingerprint density at radius 1 is 1.30 bits per heavy atom. The van der Waals surface area contributed by atoms with Gasteiger partial charge in [-0.2, -0.15) is 0 Å². The third kappa shape index (κ3) is 3.84. The van der Waals surface area contributed by atoms with Gasteiger partial charge in [-0.05, 0) is 6.92 Å². The first-order valence-electron chi connectivity index (χ1n) is 8.35. The van der Waals surface area contributed by atoms with Gasteiger partial charge in [0.15, 0.2) is 6.23 Å². The van der Waals surface area contributed by atoms with Crippen LogP contribution in [0.1, 0.15) is 11.8 Å². The molecular weight excluding hydrogens is 356 g/mol. The monoisotopic (exact) mass is 378 g/mol. The molecule has 4 atom stereocenters. The molecule has 1 aliphatic heterocycles. The Labute approximate surface area is 154 Å². The number of nitrogens with zero attached hydrogens (tertiary/aromatic N) is 4. The average molecular weight is 378 g/mol. The van der Waals surface area contributed by atoms with Crippen LogP contribution in [-0.2, 0) is 4.74 Å². The number of aliphatic hydroxyl groups is 2. The van der Waals surface area contributed by atoms with E-state index in [1.807, 2.05) is 19.0 Å². The molecule has 1 saturated heterocycles. The number of ether oxygens (including phenoxy) is 1. The van der Waals surface area contributed by atoms with Crippen LogP contribution in [0.3, 0.4) is 0 Å². The number of aryl methyl sites for hydroxylation is 1. The molecule has 0 aliphatic carbocycles. The Kier molecular flexibility index (Phi) is 5.26. The highest BCUT2D eigenvalue weighted by molar-refractivity contribution is 5.47. The van der Waals surface area contributed by atoms with Crippen molar-refractivity contribution in [2.75, 3.05) is 30.9 Å². The van der Waals surface area contributed by atoms with Gasteiger partial charge >= 0.3 is 5.69 Å². The van der Waals surface area contributed by atoms with Crippen molar-refractivity contribution >= 4 is 11.6 Å². The quantitative estimate of drug-likeness (QED) is 0.485. The summed E-state index contributed by atoms with van der Waals surface area (Å²) >= 11 is 0. The SMILES string of the molecule is Cc1cn([C@@H]2O[C@H](CNc3cc(N(C)C)ncn3)[C@@H](O)[C@H]2O)c(=O)[nH]c1=O. The van der Waals surface area contributed by atoms with E-state index in [0.717, 1.165) is 4.57 Å². The van der Waals surface area contributed by atoms with Crippen molar-refractivity contribution in [1.82, 2.24) is 19.5 Å². The normalized spacial score (nSPS) is 24.8. The van der Waals surface area contributed by atoms with Crippen LogP contribution in [0.2, 0.25) is 0 Å². The van der Waals surface area contributed by atoms with Crippen molar-refractivity contribution in [2.24, 2.45) is 0 Å². The number of rotatable bonds is 5. The summed E-state index contributed by atoms with van der Waals surface area (Å²) in [7, 11) is 3.70. The number of aromatic amines is 1. The molecule has 0 amide bonds.